The minimum atomic E-state index is 0.614. The topological polar surface area (TPSA) is 55.0 Å². The molecule has 0 fully saturated rings. The van der Waals surface area contributed by atoms with E-state index in [9.17, 15) is 0 Å². The second kappa shape index (κ2) is 7.13. The predicted molar refractivity (Wildman–Crippen MR) is 101 cm³/mol. The number of nitrogens with zero attached hydrogens (tertiary/aromatic N) is 3. The first-order valence-electron chi connectivity index (χ1n) is 8.27. The van der Waals surface area contributed by atoms with Crippen LogP contribution < -0.4 is 10.6 Å². The second-order valence-corrected chi connectivity index (χ2v) is 5.54. The number of rotatable bonds is 5. The molecule has 3 rings (SSSR count). The summed E-state index contributed by atoms with van der Waals surface area (Å²) < 4.78 is 0. The van der Waals surface area contributed by atoms with Crippen LogP contribution in [0.4, 0.5) is 11.6 Å². The fourth-order valence-corrected chi connectivity index (χ4v) is 2.74. The van der Waals surface area contributed by atoms with Crippen LogP contribution in [0.3, 0.4) is 0 Å². The van der Waals surface area contributed by atoms with Gasteiger partial charge in [0, 0.05) is 24.2 Å². The fraction of sp³-hybridized carbons (Fsp3) is 0.200. The van der Waals surface area contributed by atoms with Gasteiger partial charge < -0.3 is 10.6 Å². The van der Waals surface area contributed by atoms with Gasteiger partial charge in [-0.25, -0.2) is 9.97 Å². The van der Waals surface area contributed by atoms with Crippen LogP contribution in [0.1, 0.15) is 13.8 Å². The molecule has 4 nitrogen and oxygen atoms in total. The van der Waals surface area contributed by atoms with E-state index >= 15 is 0 Å². The zero-order valence-electron chi connectivity index (χ0n) is 14.1. The Morgan fingerprint density at radius 1 is 0.750 bits per heavy atom. The molecular weight excluding hydrogens is 296 g/mol. The van der Waals surface area contributed by atoms with Crippen LogP contribution >= 0.6 is 0 Å². The Kier molecular flexibility index (Phi) is 4.75. The Morgan fingerprint density at radius 3 is 1.54 bits per heavy atom. The van der Waals surface area contributed by atoms with Crippen LogP contribution in [0, 0.1) is 0 Å². The van der Waals surface area contributed by atoms with Crippen molar-refractivity contribution in [1.82, 2.24) is 9.97 Å². The number of hydrogen-bond acceptors (Lipinski definition) is 4. The maximum absolute atomic E-state index is 6.46. The van der Waals surface area contributed by atoms with Crippen LogP contribution in [0.2, 0.25) is 0 Å². The van der Waals surface area contributed by atoms with E-state index in [-0.39, 0.29) is 0 Å². The van der Waals surface area contributed by atoms with Crippen LogP contribution in [0.15, 0.2) is 60.7 Å². The number of aromatic nitrogens is 2. The molecule has 24 heavy (non-hydrogen) atoms. The highest BCUT2D eigenvalue weighted by molar-refractivity contribution is 5.85. The summed E-state index contributed by atoms with van der Waals surface area (Å²) in [4.78, 5) is 11.7. The smallest absolute Gasteiger partial charge is 0.226 e. The highest BCUT2D eigenvalue weighted by Gasteiger charge is 2.17. The quantitative estimate of drug-likeness (QED) is 0.764. The molecule has 3 aromatic rings. The standard InChI is InChI=1S/C20H22N4/c1-3-24(4-2)20-22-18(15-11-7-5-8-12-15)17(21)19(23-20)16-13-9-6-10-14-16/h5-14H,3-4,21H2,1-2H3. The van der Waals surface area contributed by atoms with Crippen molar-refractivity contribution in [3.8, 4) is 22.5 Å². The van der Waals surface area contributed by atoms with E-state index in [0.29, 0.717) is 11.6 Å². The molecule has 0 aliphatic heterocycles. The summed E-state index contributed by atoms with van der Waals surface area (Å²) in [5, 5.41) is 0. The van der Waals surface area contributed by atoms with Crippen LogP contribution in [-0.4, -0.2) is 23.1 Å². The minimum Gasteiger partial charge on any atom is -0.395 e. The van der Waals surface area contributed by atoms with Gasteiger partial charge >= 0.3 is 0 Å². The summed E-state index contributed by atoms with van der Waals surface area (Å²) in [5.41, 5.74) is 10.6. The molecule has 4 heteroatoms. The van der Waals surface area contributed by atoms with E-state index in [1.807, 2.05) is 60.7 Å². The molecule has 1 heterocycles. The third kappa shape index (κ3) is 3.08. The average molecular weight is 318 g/mol. The van der Waals surface area contributed by atoms with Gasteiger partial charge in [0.2, 0.25) is 5.95 Å². The van der Waals surface area contributed by atoms with Gasteiger partial charge in [-0.1, -0.05) is 60.7 Å². The molecule has 0 radical (unpaired) electrons. The molecule has 122 valence electrons. The van der Waals surface area contributed by atoms with Gasteiger partial charge in [-0.3, -0.25) is 0 Å². The summed E-state index contributed by atoms with van der Waals surface area (Å²) in [5.74, 6) is 0.715. The number of nitrogen functional groups attached to an aromatic ring is 1. The molecule has 0 aliphatic carbocycles. The normalized spacial score (nSPS) is 10.6. The van der Waals surface area contributed by atoms with E-state index in [1.54, 1.807) is 0 Å². The Morgan fingerprint density at radius 2 is 1.17 bits per heavy atom. The van der Waals surface area contributed by atoms with Crippen LogP contribution in [-0.2, 0) is 0 Å². The maximum Gasteiger partial charge on any atom is 0.226 e. The molecule has 0 saturated carbocycles. The van der Waals surface area contributed by atoms with Gasteiger partial charge in [0.1, 0.15) is 0 Å². The molecular formula is C20H22N4. The number of nitrogens with two attached hydrogens (primary N) is 1. The minimum absolute atomic E-state index is 0.614. The number of anilines is 2. The first-order chi connectivity index (χ1) is 11.7. The van der Waals surface area contributed by atoms with Crippen molar-refractivity contribution < 1.29 is 0 Å². The molecule has 0 aliphatic rings. The number of benzene rings is 2. The lowest BCUT2D eigenvalue weighted by molar-refractivity contribution is 0.824. The van der Waals surface area contributed by atoms with Crippen LogP contribution in [0.25, 0.3) is 22.5 Å². The van der Waals surface area contributed by atoms with E-state index in [4.69, 9.17) is 15.7 Å². The van der Waals surface area contributed by atoms with Gasteiger partial charge in [0.15, 0.2) is 0 Å². The summed E-state index contributed by atoms with van der Waals surface area (Å²) in [6, 6.07) is 20.1. The first-order valence-corrected chi connectivity index (χ1v) is 8.27. The van der Waals surface area contributed by atoms with E-state index in [0.717, 1.165) is 35.6 Å². The zero-order valence-corrected chi connectivity index (χ0v) is 14.1. The highest BCUT2D eigenvalue weighted by Crippen LogP contribution is 2.33. The largest absolute Gasteiger partial charge is 0.395 e. The lowest BCUT2D eigenvalue weighted by Gasteiger charge is -2.21. The zero-order chi connectivity index (χ0) is 16.9. The lowest BCUT2D eigenvalue weighted by Crippen LogP contribution is -2.25. The maximum atomic E-state index is 6.46. The summed E-state index contributed by atoms with van der Waals surface area (Å²) in [7, 11) is 0. The first kappa shape index (κ1) is 16.0. The SMILES string of the molecule is CCN(CC)c1nc(-c2ccccc2)c(N)c(-c2ccccc2)n1. The molecule has 0 bridgehead atoms. The third-order valence-electron chi connectivity index (χ3n) is 4.07. The second-order valence-electron chi connectivity index (χ2n) is 5.54. The van der Waals surface area contributed by atoms with Gasteiger partial charge in [-0.15, -0.1) is 0 Å². The molecule has 0 unspecified atom stereocenters. The van der Waals surface area contributed by atoms with Crippen molar-refractivity contribution in [2.24, 2.45) is 0 Å². The van der Waals surface area contributed by atoms with Crippen molar-refractivity contribution in [1.29, 1.82) is 0 Å². The third-order valence-corrected chi connectivity index (χ3v) is 4.07. The highest BCUT2D eigenvalue weighted by atomic mass is 15.2. The van der Waals surface area contributed by atoms with Gasteiger partial charge in [0.05, 0.1) is 17.1 Å². The average Bonchev–Trinajstić information content (AvgIpc) is 2.65. The number of hydrogen-bond donors (Lipinski definition) is 1. The Hall–Kier alpha value is -2.88. The van der Waals surface area contributed by atoms with Crippen molar-refractivity contribution in [3.05, 3.63) is 60.7 Å². The van der Waals surface area contributed by atoms with Gasteiger partial charge in [0.25, 0.3) is 0 Å². The van der Waals surface area contributed by atoms with E-state index < -0.39 is 0 Å². The lowest BCUT2D eigenvalue weighted by atomic mass is 10.1. The van der Waals surface area contributed by atoms with Crippen molar-refractivity contribution in [3.63, 3.8) is 0 Å². The van der Waals surface area contributed by atoms with Crippen molar-refractivity contribution >= 4 is 11.6 Å². The molecule has 0 atom stereocenters. The molecule has 2 aromatic carbocycles. The summed E-state index contributed by atoms with van der Waals surface area (Å²) >= 11 is 0. The molecule has 0 saturated heterocycles. The van der Waals surface area contributed by atoms with Crippen molar-refractivity contribution in [2.75, 3.05) is 23.7 Å². The molecule has 1 aromatic heterocycles. The van der Waals surface area contributed by atoms with Crippen molar-refractivity contribution in [2.45, 2.75) is 13.8 Å². The van der Waals surface area contributed by atoms with Gasteiger partial charge in [-0.05, 0) is 13.8 Å². The fourth-order valence-electron chi connectivity index (χ4n) is 2.74. The molecule has 0 spiro atoms. The summed E-state index contributed by atoms with van der Waals surface area (Å²) in [6.07, 6.45) is 0. The Balaban J connectivity index is 2.23. The van der Waals surface area contributed by atoms with Gasteiger partial charge in [-0.2, -0.15) is 0 Å². The summed E-state index contributed by atoms with van der Waals surface area (Å²) in [6.45, 7) is 5.91. The molecule has 0 amide bonds. The Labute approximate surface area is 143 Å². The van der Waals surface area contributed by atoms with E-state index in [2.05, 4.69) is 18.7 Å². The molecule has 2 N–H and O–H groups in total. The predicted octanol–water partition coefficient (Wildman–Crippen LogP) is 4.24. The van der Waals surface area contributed by atoms with Crippen LogP contribution in [0.5, 0.6) is 0 Å². The Bertz CT molecular complexity index is 736. The monoisotopic (exact) mass is 318 g/mol. The van der Waals surface area contributed by atoms with E-state index in [1.165, 1.54) is 0 Å².